The smallest absolute Gasteiger partial charge is 0.491 e. The minimum absolute atomic E-state index is 0.0184. The number of pyridine rings is 1. The Balaban J connectivity index is 2.13. The summed E-state index contributed by atoms with van der Waals surface area (Å²) in [6.45, 7) is 3.51. The SMILES string of the molecule is COc1cc2c(CC(=O)OC(=O)C(F)(F)F)cnc(C(=O)c3cc(OC(C)C)ccc3F)c2cc1OC. The van der Waals surface area contributed by atoms with Crippen molar-refractivity contribution in [2.75, 3.05) is 14.2 Å². The number of halogens is 4. The molecule has 0 atom stereocenters. The van der Waals surface area contributed by atoms with Crippen LogP contribution >= 0.6 is 0 Å². The van der Waals surface area contributed by atoms with Crippen molar-refractivity contribution >= 4 is 28.5 Å². The molecular formula is C25H21F4NO7. The number of fused-ring (bicyclic) bond motifs is 1. The average molecular weight is 523 g/mol. The minimum Gasteiger partial charge on any atom is -0.493 e. The van der Waals surface area contributed by atoms with Crippen molar-refractivity contribution in [3.05, 3.63) is 59.2 Å². The van der Waals surface area contributed by atoms with Crippen LogP contribution in [0.15, 0.2) is 36.5 Å². The lowest BCUT2D eigenvalue weighted by Crippen LogP contribution is -2.28. The van der Waals surface area contributed by atoms with Gasteiger partial charge in [-0.1, -0.05) is 0 Å². The van der Waals surface area contributed by atoms with Crippen LogP contribution in [0.4, 0.5) is 17.6 Å². The highest BCUT2D eigenvalue weighted by Gasteiger charge is 2.42. The number of hydrogen-bond donors (Lipinski definition) is 0. The largest absolute Gasteiger partial charge is 0.493 e. The van der Waals surface area contributed by atoms with Gasteiger partial charge >= 0.3 is 18.1 Å². The van der Waals surface area contributed by atoms with Crippen molar-refractivity contribution in [2.24, 2.45) is 0 Å². The molecule has 0 aliphatic heterocycles. The van der Waals surface area contributed by atoms with Gasteiger partial charge in [0.05, 0.1) is 32.3 Å². The van der Waals surface area contributed by atoms with Crippen LogP contribution in [-0.4, -0.2) is 49.2 Å². The second-order valence-corrected chi connectivity index (χ2v) is 7.96. The van der Waals surface area contributed by atoms with Crippen LogP contribution in [0.5, 0.6) is 17.2 Å². The van der Waals surface area contributed by atoms with Crippen LogP contribution in [0.3, 0.4) is 0 Å². The summed E-state index contributed by atoms with van der Waals surface area (Å²) in [6.07, 6.45) is -5.35. The summed E-state index contributed by atoms with van der Waals surface area (Å²) < 4.78 is 72.0. The number of esters is 2. The van der Waals surface area contributed by atoms with Gasteiger partial charge in [-0.05, 0) is 55.1 Å². The number of rotatable bonds is 8. The van der Waals surface area contributed by atoms with Gasteiger partial charge in [-0.25, -0.2) is 9.18 Å². The number of ether oxygens (including phenoxy) is 4. The Labute approximate surface area is 208 Å². The zero-order valence-electron chi connectivity index (χ0n) is 20.1. The van der Waals surface area contributed by atoms with E-state index in [-0.39, 0.29) is 50.9 Å². The van der Waals surface area contributed by atoms with Crippen molar-refractivity contribution < 1.29 is 50.9 Å². The molecule has 3 rings (SSSR count). The molecule has 0 aliphatic rings. The fraction of sp³-hybridized carbons (Fsp3) is 0.280. The molecule has 2 aromatic carbocycles. The molecule has 1 aromatic heterocycles. The van der Waals surface area contributed by atoms with E-state index in [1.807, 2.05) is 0 Å². The quantitative estimate of drug-likeness (QED) is 0.183. The Morgan fingerprint density at radius 1 is 0.973 bits per heavy atom. The van der Waals surface area contributed by atoms with Crippen molar-refractivity contribution in [2.45, 2.75) is 32.5 Å². The number of benzene rings is 2. The van der Waals surface area contributed by atoms with Gasteiger partial charge in [-0.15, -0.1) is 0 Å². The monoisotopic (exact) mass is 523 g/mol. The minimum atomic E-state index is -5.36. The molecule has 1 heterocycles. The number of carbonyl (C=O) groups excluding carboxylic acids is 3. The first-order valence-corrected chi connectivity index (χ1v) is 10.7. The third-order valence-corrected chi connectivity index (χ3v) is 5.02. The average Bonchev–Trinajstić information content (AvgIpc) is 2.83. The molecule has 0 fully saturated rings. The summed E-state index contributed by atoms with van der Waals surface area (Å²) >= 11 is 0. The number of hydrogen-bond acceptors (Lipinski definition) is 8. The molecule has 0 aliphatic carbocycles. The van der Waals surface area contributed by atoms with Crippen LogP contribution in [-0.2, 0) is 20.7 Å². The molecule has 3 aromatic rings. The summed E-state index contributed by atoms with van der Waals surface area (Å²) in [5.41, 5.74) is -0.561. The maximum Gasteiger partial charge on any atom is 0.491 e. The van der Waals surface area contributed by atoms with Crippen LogP contribution in [0.2, 0.25) is 0 Å². The maximum absolute atomic E-state index is 14.6. The van der Waals surface area contributed by atoms with Gasteiger partial charge in [0.1, 0.15) is 17.3 Å². The zero-order chi connectivity index (χ0) is 27.5. The standard InChI is InChI=1S/C25H21F4NO7/c1-12(2)36-14-5-6-18(26)17(8-14)23(32)22-16-10-20(35-4)19(34-3)9-15(16)13(11-30-22)7-21(31)37-24(33)25(27,28)29/h5-6,8-12H,7H2,1-4H3. The van der Waals surface area contributed by atoms with Crippen molar-refractivity contribution in [3.63, 3.8) is 0 Å². The molecule has 0 saturated heterocycles. The Hall–Kier alpha value is -4.22. The Morgan fingerprint density at radius 3 is 2.16 bits per heavy atom. The third-order valence-electron chi connectivity index (χ3n) is 5.02. The van der Waals surface area contributed by atoms with E-state index in [0.717, 1.165) is 12.3 Å². The van der Waals surface area contributed by atoms with Gasteiger partial charge in [-0.3, -0.25) is 14.6 Å². The van der Waals surface area contributed by atoms with Crippen LogP contribution < -0.4 is 14.2 Å². The molecule has 0 saturated carbocycles. The van der Waals surface area contributed by atoms with Crippen LogP contribution in [0.25, 0.3) is 10.8 Å². The summed E-state index contributed by atoms with van der Waals surface area (Å²) in [5.74, 6) is -5.25. The van der Waals surface area contributed by atoms with E-state index in [2.05, 4.69) is 9.72 Å². The summed E-state index contributed by atoms with van der Waals surface area (Å²) in [6, 6.07) is 6.38. The second-order valence-electron chi connectivity index (χ2n) is 7.96. The Morgan fingerprint density at radius 2 is 1.59 bits per heavy atom. The first-order chi connectivity index (χ1) is 17.3. The number of carbonyl (C=O) groups is 3. The van der Waals surface area contributed by atoms with Gasteiger partial charge < -0.3 is 18.9 Å². The zero-order valence-corrected chi connectivity index (χ0v) is 20.1. The summed E-state index contributed by atoms with van der Waals surface area (Å²) in [4.78, 5) is 40.5. The fourth-order valence-electron chi connectivity index (χ4n) is 3.45. The molecule has 196 valence electrons. The van der Waals surface area contributed by atoms with E-state index in [9.17, 15) is 31.9 Å². The molecule has 37 heavy (non-hydrogen) atoms. The summed E-state index contributed by atoms with van der Waals surface area (Å²) in [7, 11) is 2.65. The van der Waals surface area contributed by atoms with E-state index in [0.29, 0.717) is 0 Å². The van der Waals surface area contributed by atoms with Gasteiger partial charge in [-0.2, -0.15) is 13.2 Å². The molecule has 0 N–H and O–H groups in total. The lowest BCUT2D eigenvalue weighted by molar-refractivity contribution is -0.201. The molecule has 0 spiro atoms. The summed E-state index contributed by atoms with van der Waals surface area (Å²) in [5, 5.41) is 0.243. The van der Waals surface area contributed by atoms with Crippen LogP contribution in [0.1, 0.15) is 35.5 Å². The molecule has 0 amide bonds. The van der Waals surface area contributed by atoms with E-state index < -0.39 is 36.1 Å². The highest BCUT2D eigenvalue weighted by atomic mass is 19.4. The highest BCUT2D eigenvalue weighted by molar-refractivity contribution is 6.16. The van der Waals surface area contributed by atoms with Gasteiger partial charge in [0.25, 0.3) is 0 Å². The normalized spacial score (nSPS) is 11.4. The number of nitrogens with zero attached hydrogens (tertiary/aromatic N) is 1. The predicted molar refractivity (Wildman–Crippen MR) is 121 cm³/mol. The number of methoxy groups -OCH3 is 2. The molecule has 0 bridgehead atoms. The second kappa shape index (κ2) is 10.8. The van der Waals surface area contributed by atoms with Crippen molar-refractivity contribution in [1.29, 1.82) is 0 Å². The maximum atomic E-state index is 14.6. The van der Waals surface area contributed by atoms with E-state index in [4.69, 9.17) is 14.2 Å². The van der Waals surface area contributed by atoms with E-state index in [1.165, 1.54) is 38.5 Å². The first-order valence-electron chi connectivity index (χ1n) is 10.7. The topological polar surface area (TPSA) is 101 Å². The molecule has 0 unspecified atom stereocenters. The Bertz CT molecular complexity index is 1370. The lowest BCUT2D eigenvalue weighted by Gasteiger charge is -2.15. The molecule has 12 heteroatoms. The number of aromatic nitrogens is 1. The first kappa shape index (κ1) is 27.4. The molecule has 0 radical (unpaired) electrons. The van der Waals surface area contributed by atoms with Gasteiger partial charge in [0.15, 0.2) is 11.5 Å². The van der Waals surface area contributed by atoms with Crippen molar-refractivity contribution in [1.82, 2.24) is 4.98 Å². The Kier molecular flexibility index (Phi) is 7.99. The molecule has 8 nitrogen and oxygen atoms in total. The van der Waals surface area contributed by atoms with Gasteiger partial charge in [0.2, 0.25) is 5.78 Å². The fourth-order valence-corrected chi connectivity index (χ4v) is 3.45. The van der Waals surface area contributed by atoms with E-state index in [1.54, 1.807) is 13.8 Å². The predicted octanol–water partition coefficient (Wildman–Crippen LogP) is 4.58. The van der Waals surface area contributed by atoms with E-state index >= 15 is 0 Å². The number of alkyl halides is 3. The van der Waals surface area contributed by atoms with Crippen molar-refractivity contribution in [3.8, 4) is 17.2 Å². The lowest BCUT2D eigenvalue weighted by atomic mass is 9.97. The van der Waals surface area contributed by atoms with Gasteiger partial charge in [0, 0.05) is 11.6 Å². The highest BCUT2D eigenvalue weighted by Crippen LogP contribution is 2.36. The van der Waals surface area contributed by atoms with Crippen LogP contribution in [0, 0.1) is 5.82 Å². The third kappa shape index (κ3) is 6.13. The number of ketones is 1. The molecular weight excluding hydrogens is 502 g/mol.